The fraction of sp³-hybridized carbons (Fsp3) is 0.688. The van der Waals surface area contributed by atoms with Gasteiger partial charge in [-0.1, -0.05) is 12.8 Å². The Morgan fingerprint density at radius 2 is 1.96 bits per heavy atom. The second-order valence-electron chi connectivity index (χ2n) is 6.73. The highest BCUT2D eigenvalue weighted by Crippen LogP contribution is 2.31. The van der Waals surface area contributed by atoms with Crippen LogP contribution in [0.4, 0.5) is 0 Å². The second kappa shape index (κ2) is 6.28. The molecule has 0 aromatic carbocycles. The van der Waals surface area contributed by atoms with E-state index in [0.29, 0.717) is 13.1 Å². The van der Waals surface area contributed by atoms with Gasteiger partial charge in [0.2, 0.25) is 15.9 Å². The van der Waals surface area contributed by atoms with Crippen LogP contribution in [0.3, 0.4) is 0 Å². The van der Waals surface area contributed by atoms with Gasteiger partial charge < -0.3 is 9.73 Å². The first-order valence-electron chi connectivity index (χ1n) is 8.16. The van der Waals surface area contributed by atoms with Gasteiger partial charge >= 0.3 is 0 Å². The van der Waals surface area contributed by atoms with E-state index in [1.807, 2.05) is 19.1 Å². The zero-order valence-corrected chi connectivity index (χ0v) is 14.4. The number of nitrogens with zero attached hydrogens (tertiary/aromatic N) is 1. The van der Waals surface area contributed by atoms with Gasteiger partial charge in [-0.3, -0.25) is 4.79 Å². The predicted molar refractivity (Wildman–Crippen MR) is 86.5 cm³/mol. The first kappa shape index (κ1) is 16.5. The number of nitrogens with one attached hydrogen (secondary N) is 1. The summed E-state index contributed by atoms with van der Waals surface area (Å²) in [5.74, 6) is 1.52. The third kappa shape index (κ3) is 3.61. The average Bonchev–Trinajstić information content (AvgIpc) is 3.16. The van der Waals surface area contributed by atoms with Crippen LogP contribution < -0.4 is 5.32 Å². The van der Waals surface area contributed by atoms with Crippen molar-refractivity contribution in [3.05, 3.63) is 23.7 Å². The Morgan fingerprint density at radius 1 is 1.26 bits per heavy atom. The van der Waals surface area contributed by atoms with Crippen LogP contribution in [0.15, 0.2) is 16.5 Å². The number of hydrogen-bond acceptors (Lipinski definition) is 4. The van der Waals surface area contributed by atoms with Crippen LogP contribution in [-0.4, -0.2) is 44.0 Å². The van der Waals surface area contributed by atoms with Crippen LogP contribution in [0, 0.1) is 12.8 Å². The molecule has 2 aliphatic rings. The molecule has 7 heteroatoms. The van der Waals surface area contributed by atoms with E-state index < -0.39 is 10.0 Å². The summed E-state index contributed by atoms with van der Waals surface area (Å²) in [4.78, 5) is 12.4. The Labute approximate surface area is 137 Å². The van der Waals surface area contributed by atoms with Gasteiger partial charge in [-0.2, -0.15) is 4.31 Å². The van der Waals surface area contributed by atoms with E-state index in [1.165, 1.54) is 10.6 Å². The summed E-state index contributed by atoms with van der Waals surface area (Å²) in [5, 5.41) is 3.08. The zero-order chi connectivity index (χ0) is 16.6. The van der Waals surface area contributed by atoms with Crippen molar-refractivity contribution in [2.75, 3.05) is 19.3 Å². The van der Waals surface area contributed by atoms with Gasteiger partial charge in [-0.05, 0) is 31.9 Å². The van der Waals surface area contributed by atoms with Gasteiger partial charge in [0.1, 0.15) is 11.5 Å². The van der Waals surface area contributed by atoms with Crippen LogP contribution in [-0.2, 0) is 14.8 Å². The number of aryl methyl sites for hydroxylation is 1. The minimum atomic E-state index is -3.28. The highest BCUT2D eigenvalue weighted by Gasteiger charge is 2.41. The number of hydrogen-bond donors (Lipinski definition) is 1. The Hall–Kier alpha value is -1.34. The fourth-order valence-corrected chi connectivity index (χ4v) is 4.48. The van der Waals surface area contributed by atoms with Crippen molar-refractivity contribution in [1.82, 2.24) is 9.62 Å². The van der Waals surface area contributed by atoms with Crippen molar-refractivity contribution in [2.45, 2.75) is 44.6 Å². The van der Waals surface area contributed by atoms with E-state index in [1.54, 1.807) is 0 Å². The maximum absolute atomic E-state index is 12.4. The minimum absolute atomic E-state index is 0.0520. The predicted octanol–water partition coefficient (Wildman–Crippen LogP) is 1.62. The topological polar surface area (TPSA) is 79.6 Å². The van der Waals surface area contributed by atoms with E-state index in [-0.39, 0.29) is 23.8 Å². The molecule has 2 fully saturated rings. The van der Waals surface area contributed by atoms with Crippen molar-refractivity contribution < 1.29 is 17.6 Å². The molecule has 1 aromatic heterocycles. The van der Waals surface area contributed by atoms with Crippen LogP contribution in [0.5, 0.6) is 0 Å². The van der Waals surface area contributed by atoms with Crippen molar-refractivity contribution >= 4 is 15.9 Å². The number of furan rings is 1. The monoisotopic (exact) mass is 340 g/mol. The molecular formula is C16H24N2O4S. The summed E-state index contributed by atoms with van der Waals surface area (Å²) in [7, 11) is -3.28. The first-order chi connectivity index (χ1) is 10.8. The molecule has 1 aliphatic carbocycles. The number of rotatable bonds is 4. The molecule has 128 valence electrons. The fourth-order valence-electron chi connectivity index (χ4n) is 3.61. The summed E-state index contributed by atoms with van der Waals surface area (Å²) in [5.41, 5.74) is 0. The molecular weight excluding hydrogens is 316 g/mol. The first-order valence-corrected chi connectivity index (χ1v) is 10.0. The second-order valence-corrected chi connectivity index (χ2v) is 8.71. The van der Waals surface area contributed by atoms with Crippen LogP contribution in [0.25, 0.3) is 0 Å². The van der Waals surface area contributed by atoms with Crippen molar-refractivity contribution in [1.29, 1.82) is 0 Å². The third-order valence-corrected chi connectivity index (χ3v) is 6.17. The lowest BCUT2D eigenvalue weighted by atomic mass is 9.99. The summed E-state index contributed by atoms with van der Waals surface area (Å²) in [6, 6.07) is 3.51. The van der Waals surface area contributed by atoms with E-state index in [0.717, 1.165) is 37.2 Å². The molecule has 6 nitrogen and oxygen atoms in total. The molecule has 23 heavy (non-hydrogen) atoms. The Kier molecular flexibility index (Phi) is 4.51. The smallest absolute Gasteiger partial charge is 0.223 e. The van der Waals surface area contributed by atoms with Crippen LogP contribution in [0.2, 0.25) is 0 Å². The van der Waals surface area contributed by atoms with Crippen molar-refractivity contribution in [3.8, 4) is 0 Å². The highest BCUT2D eigenvalue weighted by atomic mass is 32.2. The molecule has 0 radical (unpaired) electrons. The lowest BCUT2D eigenvalue weighted by molar-refractivity contribution is -0.125. The molecule has 2 atom stereocenters. The van der Waals surface area contributed by atoms with Gasteiger partial charge in [0, 0.05) is 19.0 Å². The molecule has 0 bridgehead atoms. The largest absolute Gasteiger partial charge is 0.466 e. The molecule has 3 rings (SSSR count). The third-order valence-electron chi connectivity index (χ3n) is 4.94. The van der Waals surface area contributed by atoms with E-state index in [4.69, 9.17) is 4.42 Å². The Balaban J connectivity index is 1.77. The molecule has 1 aromatic rings. The van der Waals surface area contributed by atoms with Gasteiger partial charge in [0.05, 0.1) is 18.2 Å². The molecule has 1 amide bonds. The summed E-state index contributed by atoms with van der Waals surface area (Å²) >= 11 is 0. The van der Waals surface area contributed by atoms with Crippen molar-refractivity contribution in [2.24, 2.45) is 5.92 Å². The van der Waals surface area contributed by atoms with Gasteiger partial charge in [0.15, 0.2) is 0 Å². The molecule has 2 heterocycles. The summed E-state index contributed by atoms with van der Waals surface area (Å²) in [6.07, 6.45) is 5.26. The quantitative estimate of drug-likeness (QED) is 0.903. The number of carbonyl (C=O) groups is 1. The highest BCUT2D eigenvalue weighted by molar-refractivity contribution is 7.88. The van der Waals surface area contributed by atoms with Crippen LogP contribution in [0.1, 0.15) is 43.1 Å². The maximum atomic E-state index is 12.4. The molecule has 1 aliphatic heterocycles. The molecule has 1 N–H and O–H groups in total. The van der Waals surface area contributed by atoms with Crippen LogP contribution >= 0.6 is 0 Å². The molecule has 1 saturated heterocycles. The lowest BCUT2D eigenvalue weighted by Crippen LogP contribution is -2.42. The van der Waals surface area contributed by atoms with E-state index in [9.17, 15) is 13.2 Å². The zero-order valence-electron chi connectivity index (χ0n) is 13.6. The molecule has 0 unspecified atom stereocenters. The summed E-state index contributed by atoms with van der Waals surface area (Å²) in [6.45, 7) is 2.52. The Morgan fingerprint density at radius 3 is 2.52 bits per heavy atom. The lowest BCUT2D eigenvalue weighted by Gasteiger charge is -2.20. The Bertz CT molecular complexity index is 676. The normalized spacial score (nSPS) is 26.7. The van der Waals surface area contributed by atoms with Crippen molar-refractivity contribution in [3.63, 3.8) is 0 Å². The SMILES string of the molecule is Cc1ccc([C@H]2CN(S(C)(=O)=O)C[C@@H]2NC(=O)C2CCCC2)o1. The summed E-state index contributed by atoms with van der Waals surface area (Å²) < 4.78 is 30.9. The van der Waals surface area contributed by atoms with Gasteiger partial charge in [-0.15, -0.1) is 0 Å². The average molecular weight is 340 g/mol. The standard InChI is InChI=1S/C16H24N2O4S/c1-11-7-8-15(22-11)13-9-18(23(2,20)21)10-14(13)17-16(19)12-5-3-4-6-12/h7-8,12-14H,3-6,9-10H2,1-2H3,(H,17,19)/t13-,14-/m0/s1. The number of carbonyl (C=O) groups excluding carboxylic acids is 1. The number of amides is 1. The minimum Gasteiger partial charge on any atom is -0.466 e. The number of sulfonamides is 1. The van der Waals surface area contributed by atoms with E-state index in [2.05, 4.69) is 5.32 Å². The van der Waals surface area contributed by atoms with Gasteiger partial charge in [0.25, 0.3) is 0 Å². The van der Waals surface area contributed by atoms with E-state index >= 15 is 0 Å². The van der Waals surface area contributed by atoms with Gasteiger partial charge in [-0.25, -0.2) is 8.42 Å². The molecule has 1 saturated carbocycles. The maximum Gasteiger partial charge on any atom is 0.223 e. The molecule has 0 spiro atoms.